The Labute approximate surface area is 120 Å². The largest absolute Gasteiger partial charge is 0.477 e. The Bertz CT molecular complexity index is 636. The molecule has 0 atom stereocenters. The summed E-state index contributed by atoms with van der Waals surface area (Å²) in [5.41, 5.74) is 3.59. The predicted octanol–water partition coefficient (Wildman–Crippen LogP) is 4.26. The van der Waals surface area contributed by atoms with Crippen molar-refractivity contribution in [1.82, 2.24) is 4.57 Å². The first-order chi connectivity index (χ1) is 9.06. The first-order valence-corrected chi connectivity index (χ1v) is 7.07. The lowest BCUT2D eigenvalue weighted by Gasteiger charge is -2.11. The fourth-order valence-electron chi connectivity index (χ4n) is 2.47. The number of hydrogen-bond acceptors (Lipinski definition) is 1. The van der Waals surface area contributed by atoms with Gasteiger partial charge in [0.25, 0.3) is 0 Å². The number of aromatic carboxylic acids is 1. The van der Waals surface area contributed by atoms with Crippen LogP contribution in [0.4, 0.5) is 0 Å². The Morgan fingerprint density at radius 2 is 2.05 bits per heavy atom. The molecule has 2 aromatic rings. The van der Waals surface area contributed by atoms with Gasteiger partial charge in [-0.15, -0.1) is 0 Å². The number of carboxylic acid groups (broad SMARTS) is 1. The van der Waals surface area contributed by atoms with E-state index < -0.39 is 5.97 Å². The van der Waals surface area contributed by atoms with Crippen molar-refractivity contribution in [3.05, 3.63) is 46.1 Å². The number of hydrogen-bond donors (Lipinski definition) is 1. The van der Waals surface area contributed by atoms with Crippen molar-refractivity contribution in [1.29, 1.82) is 0 Å². The van der Waals surface area contributed by atoms with E-state index in [4.69, 9.17) is 0 Å². The number of halogens is 1. The van der Waals surface area contributed by atoms with Crippen LogP contribution >= 0.6 is 15.9 Å². The van der Waals surface area contributed by atoms with Crippen molar-refractivity contribution in [3.63, 3.8) is 0 Å². The number of nitrogens with zero attached hydrogens (tertiary/aromatic N) is 1. The van der Waals surface area contributed by atoms with E-state index in [0.29, 0.717) is 11.7 Å². The summed E-state index contributed by atoms with van der Waals surface area (Å²) in [6.45, 7) is 2.04. The van der Waals surface area contributed by atoms with Crippen molar-refractivity contribution in [2.75, 3.05) is 0 Å². The van der Waals surface area contributed by atoms with Gasteiger partial charge in [-0.25, -0.2) is 4.79 Å². The Morgan fingerprint density at radius 1 is 1.32 bits per heavy atom. The van der Waals surface area contributed by atoms with Gasteiger partial charge < -0.3 is 9.67 Å². The molecule has 98 valence electrons. The molecule has 0 spiro atoms. The molecular formula is C15H14BrNO2. The number of benzene rings is 1. The molecule has 3 nitrogen and oxygen atoms in total. The average molecular weight is 320 g/mol. The van der Waals surface area contributed by atoms with E-state index in [0.717, 1.165) is 34.1 Å². The van der Waals surface area contributed by atoms with Crippen LogP contribution < -0.4 is 0 Å². The van der Waals surface area contributed by atoms with E-state index in [1.807, 2.05) is 29.7 Å². The van der Waals surface area contributed by atoms with Gasteiger partial charge >= 0.3 is 5.97 Å². The van der Waals surface area contributed by atoms with E-state index in [1.54, 1.807) is 6.07 Å². The molecule has 1 saturated carbocycles. The number of aromatic nitrogens is 1. The highest BCUT2D eigenvalue weighted by atomic mass is 79.9. The summed E-state index contributed by atoms with van der Waals surface area (Å²) in [7, 11) is 0. The summed E-state index contributed by atoms with van der Waals surface area (Å²) in [5, 5.41) is 9.28. The zero-order valence-corrected chi connectivity index (χ0v) is 12.1. The van der Waals surface area contributed by atoms with Crippen molar-refractivity contribution in [2.24, 2.45) is 0 Å². The van der Waals surface area contributed by atoms with Crippen molar-refractivity contribution >= 4 is 21.9 Å². The minimum atomic E-state index is -0.857. The number of carbonyl (C=O) groups is 1. The summed E-state index contributed by atoms with van der Waals surface area (Å²) in [4.78, 5) is 11.3. The van der Waals surface area contributed by atoms with Gasteiger partial charge in [0.2, 0.25) is 0 Å². The van der Waals surface area contributed by atoms with Gasteiger partial charge in [0.05, 0.1) is 0 Å². The highest BCUT2D eigenvalue weighted by Crippen LogP contribution is 2.41. The molecule has 0 amide bonds. The van der Waals surface area contributed by atoms with E-state index in [1.165, 1.54) is 0 Å². The van der Waals surface area contributed by atoms with Gasteiger partial charge in [0.15, 0.2) is 0 Å². The Balaban J connectivity index is 2.16. The van der Waals surface area contributed by atoms with Gasteiger partial charge in [0, 0.05) is 16.2 Å². The predicted molar refractivity (Wildman–Crippen MR) is 77.5 cm³/mol. The third-order valence-electron chi connectivity index (χ3n) is 3.39. The Kier molecular flexibility index (Phi) is 2.97. The van der Waals surface area contributed by atoms with Gasteiger partial charge in [-0.05, 0) is 61.2 Å². The van der Waals surface area contributed by atoms with Crippen molar-refractivity contribution in [2.45, 2.75) is 25.8 Å². The number of aryl methyl sites for hydroxylation is 1. The van der Waals surface area contributed by atoms with Gasteiger partial charge in [-0.2, -0.15) is 0 Å². The zero-order chi connectivity index (χ0) is 13.6. The summed E-state index contributed by atoms with van der Waals surface area (Å²) in [5.74, 6) is -0.857. The van der Waals surface area contributed by atoms with Crippen molar-refractivity contribution in [3.8, 4) is 11.3 Å². The molecule has 4 heteroatoms. The van der Waals surface area contributed by atoms with Crippen LogP contribution in [0.25, 0.3) is 11.3 Å². The molecule has 0 bridgehead atoms. The maximum Gasteiger partial charge on any atom is 0.352 e. The van der Waals surface area contributed by atoms with Gasteiger partial charge in [-0.1, -0.05) is 15.9 Å². The lowest BCUT2D eigenvalue weighted by molar-refractivity contribution is 0.0685. The second kappa shape index (κ2) is 4.53. The van der Waals surface area contributed by atoms with E-state index in [2.05, 4.69) is 22.0 Å². The fourth-order valence-corrected chi connectivity index (χ4v) is 3.08. The molecule has 1 fully saturated rings. The average Bonchev–Trinajstić information content (AvgIpc) is 3.06. The summed E-state index contributed by atoms with van der Waals surface area (Å²) in [6.07, 6.45) is 2.13. The van der Waals surface area contributed by atoms with E-state index in [-0.39, 0.29) is 0 Å². The quantitative estimate of drug-likeness (QED) is 0.918. The molecule has 0 radical (unpaired) electrons. The maximum atomic E-state index is 11.3. The topological polar surface area (TPSA) is 42.2 Å². The van der Waals surface area contributed by atoms with Crippen LogP contribution in [0.1, 0.15) is 34.9 Å². The standard InChI is InChI=1S/C15H14BrNO2/c1-9-6-10(8-11(16)7-9)13-4-5-14(15(18)19)17(13)12-2-3-12/h4-8,12H,2-3H2,1H3,(H,18,19). The summed E-state index contributed by atoms with van der Waals surface area (Å²) >= 11 is 3.50. The maximum absolute atomic E-state index is 11.3. The minimum absolute atomic E-state index is 0.343. The molecule has 3 rings (SSSR count). The Morgan fingerprint density at radius 3 is 2.63 bits per heavy atom. The van der Waals surface area contributed by atoms with Crippen molar-refractivity contribution < 1.29 is 9.90 Å². The van der Waals surface area contributed by atoms with Crippen LogP contribution in [0.5, 0.6) is 0 Å². The van der Waals surface area contributed by atoms with Gasteiger partial charge in [-0.3, -0.25) is 0 Å². The second-order valence-corrected chi connectivity index (χ2v) is 5.94. The molecule has 1 N–H and O–H groups in total. The molecule has 0 saturated heterocycles. The SMILES string of the molecule is Cc1cc(Br)cc(-c2ccc(C(=O)O)n2C2CC2)c1. The van der Waals surface area contributed by atoms with Crippen LogP contribution in [0.3, 0.4) is 0 Å². The van der Waals surface area contributed by atoms with Crippen LogP contribution in [0, 0.1) is 6.92 Å². The lowest BCUT2D eigenvalue weighted by Crippen LogP contribution is -2.08. The molecule has 1 aliphatic carbocycles. The van der Waals surface area contributed by atoms with E-state index in [9.17, 15) is 9.90 Å². The number of rotatable bonds is 3. The van der Waals surface area contributed by atoms with Crippen LogP contribution in [-0.2, 0) is 0 Å². The normalized spacial score (nSPS) is 14.6. The summed E-state index contributed by atoms with van der Waals surface area (Å²) < 4.78 is 2.98. The Hall–Kier alpha value is -1.55. The first kappa shape index (κ1) is 12.5. The van der Waals surface area contributed by atoms with Crippen LogP contribution in [0.15, 0.2) is 34.8 Å². The fraction of sp³-hybridized carbons (Fsp3) is 0.267. The third kappa shape index (κ3) is 2.32. The molecule has 19 heavy (non-hydrogen) atoms. The zero-order valence-electron chi connectivity index (χ0n) is 10.6. The molecule has 0 unspecified atom stereocenters. The van der Waals surface area contributed by atoms with Gasteiger partial charge in [0.1, 0.15) is 5.69 Å². The first-order valence-electron chi connectivity index (χ1n) is 6.28. The molecule has 1 aromatic heterocycles. The summed E-state index contributed by atoms with van der Waals surface area (Å²) in [6, 6.07) is 10.1. The molecule has 0 aliphatic heterocycles. The van der Waals surface area contributed by atoms with E-state index >= 15 is 0 Å². The number of carboxylic acids is 1. The molecule has 1 aromatic carbocycles. The molecular weight excluding hydrogens is 306 g/mol. The smallest absolute Gasteiger partial charge is 0.352 e. The lowest BCUT2D eigenvalue weighted by atomic mass is 10.1. The van der Waals surface area contributed by atoms with Crippen LogP contribution in [0.2, 0.25) is 0 Å². The van der Waals surface area contributed by atoms with Crippen LogP contribution in [-0.4, -0.2) is 15.6 Å². The highest BCUT2D eigenvalue weighted by Gasteiger charge is 2.29. The highest BCUT2D eigenvalue weighted by molar-refractivity contribution is 9.10. The molecule has 1 heterocycles. The molecule has 1 aliphatic rings. The monoisotopic (exact) mass is 319 g/mol. The second-order valence-electron chi connectivity index (χ2n) is 5.03. The third-order valence-corrected chi connectivity index (χ3v) is 3.85. The minimum Gasteiger partial charge on any atom is -0.477 e.